The van der Waals surface area contributed by atoms with Crippen molar-refractivity contribution in [2.24, 2.45) is 5.73 Å². The third kappa shape index (κ3) is 7.36. The van der Waals surface area contributed by atoms with Gasteiger partial charge in [0, 0.05) is 6.61 Å². The van der Waals surface area contributed by atoms with E-state index in [1.165, 1.54) is 0 Å². The van der Waals surface area contributed by atoms with Crippen LogP contribution in [0.3, 0.4) is 0 Å². The molecule has 6 rings (SSSR count). The number of epoxide rings is 2. The molecule has 6 aliphatic rings. The van der Waals surface area contributed by atoms with E-state index in [1.807, 2.05) is 0 Å². The van der Waals surface area contributed by atoms with Crippen molar-refractivity contribution in [3.8, 4) is 0 Å². The van der Waals surface area contributed by atoms with Gasteiger partial charge in [0.05, 0.1) is 6.61 Å². The third-order valence-corrected chi connectivity index (χ3v) is 9.02. The van der Waals surface area contributed by atoms with Gasteiger partial charge in [0.25, 0.3) is 0 Å². The molecule has 0 aliphatic carbocycles. The standard InChI is InChI=1S/C27H43NO20/c28-4-2-1-3-5-39-25-17(13(35)18-27(44-18)48-25)42-24-14(36)15(41-22-11(33)9(31)8(30)7(6-29)40-22)19(20(46-24)21(37)38)45-23-12(34)10(32)16-26(43-16)47-23/h7-20,22-27,29-36H,1-6,28H2,(H,37,38). The number of aliphatic carboxylic acids is 1. The van der Waals surface area contributed by atoms with Gasteiger partial charge in [-0.25, -0.2) is 4.79 Å². The van der Waals surface area contributed by atoms with E-state index in [4.69, 9.17) is 53.1 Å². The quantitative estimate of drug-likeness (QED) is 0.0594. The zero-order valence-electron chi connectivity index (χ0n) is 25.4. The molecule has 6 heterocycles. The summed E-state index contributed by atoms with van der Waals surface area (Å²) in [5.74, 6) is -1.69. The van der Waals surface area contributed by atoms with E-state index in [0.29, 0.717) is 13.0 Å². The minimum Gasteiger partial charge on any atom is -0.479 e. The van der Waals surface area contributed by atoms with Crippen LogP contribution in [0.5, 0.6) is 0 Å². The maximum atomic E-state index is 12.6. The maximum absolute atomic E-state index is 12.6. The maximum Gasteiger partial charge on any atom is 0.335 e. The highest BCUT2D eigenvalue weighted by molar-refractivity contribution is 5.73. The zero-order chi connectivity index (χ0) is 34.4. The van der Waals surface area contributed by atoms with Crippen molar-refractivity contribution >= 4 is 5.97 Å². The van der Waals surface area contributed by atoms with Gasteiger partial charge in [-0.2, -0.15) is 0 Å². The topological polar surface area (TPSA) is 324 Å². The Kier molecular flexibility index (Phi) is 11.5. The molecule has 0 spiro atoms. The molecule has 20 unspecified atom stereocenters. The van der Waals surface area contributed by atoms with Crippen LogP contribution < -0.4 is 5.73 Å². The molecule has 48 heavy (non-hydrogen) atoms. The monoisotopic (exact) mass is 701 g/mol. The van der Waals surface area contributed by atoms with Crippen LogP contribution in [0.25, 0.3) is 0 Å². The number of hydrogen-bond acceptors (Lipinski definition) is 20. The number of nitrogens with two attached hydrogens (primary N) is 1. The third-order valence-electron chi connectivity index (χ3n) is 9.02. The Morgan fingerprint density at radius 2 is 1.17 bits per heavy atom. The Bertz CT molecular complexity index is 1090. The van der Waals surface area contributed by atoms with Gasteiger partial charge < -0.3 is 99.1 Å². The van der Waals surface area contributed by atoms with Crippen LogP contribution in [0.1, 0.15) is 19.3 Å². The molecule has 6 saturated heterocycles. The predicted molar refractivity (Wildman–Crippen MR) is 145 cm³/mol. The summed E-state index contributed by atoms with van der Waals surface area (Å²) in [5, 5.41) is 94.5. The molecule has 21 nitrogen and oxygen atoms in total. The molecule has 6 aliphatic heterocycles. The van der Waals surface area contributed by atoms with Crippen molar-refractivity contribution in [1.82, 2.24) is 0 Å². The lowest BCUT2D eigenvalue weighted by Gasteiger charge is -2.48. The van der Waals surface area contributed by atoms with Crippen LogP contribution in [-0.4, -0.2) is 195 Å². The van der Waals surface area contributed by atoms with Crippen LogP contribution >= 0.6 is 0 Å². The van der Waals surface area contributed by atoms with E-state index >= 15 is 0 Å². The largest absolute Gasteiger partial charge is 0.479 e. The number of aliphatic hydroxyl groups excluding tert-OH is 8. The highest BCUT2D eigenvalue weighted by Crippen LogP contribution is 2.41. The minimum absolute atomic E-state index is 0.167. The molecule has 0 amide bonds. The van der Waals surface area contributed by atoms with Gasteiger partial charge in [-0.3, -0.25) is 0 Å². The van der Waals surface area contributed by atoms with Crippen LogP contribution in [0, 0.1) is 0 Å². The van der Waals surface area contributed by atoms with E-state index in [1.54, 1.807) is 0 Å². The van der Waals surface area contributed by atoms with Crippen molar-refractivity contribution < 1.29 is 98.1 Å². The molecule has 276 valence electrons. The zero-order valence-corrected chi connectivity index (χ0v) is 25.4. The van der Waals surface area contributed by atoms with Gasteiger partial charge in [-0.05, 0) is 25.8 Å². The summed E-state index contributed by atoms with van der Waals surface area (Å²) < 4.78 is 55.8. The number of rotatable bonds is 14. The summed E-state index contributed by atoms with van der Waals surface area (Å²) in [5.41, 5.74) is 5.53. The van der Waals surface area contributed by atoms with Gasteiger partial charge in [0.1, 0.15) is 79.4 Å². The smallest absolute Gasteiger partial charge is 0.335 e. The van der Waals surface area contributed by atoms with Crippen LogP contribution in [0.4, 0.5) is 0 Å². The Balaban J connectivity index is 1.25. The average molecular weight is 702 g/mol. The summed E-state index contributed by atoms with van der Waals surface area (Å²) in [7, 11) is 0. The first-order chi connectivity index (χ1) is 22.9. The highest BCUT2D eigenvalue weighted by atomic mass is 16.9. The molecule has 0 aromatic rings. The second-order valence-electron chi connectivity index (χ2n) is 12.4. The molecule has 20 atom stereocenters. The summed E-state index contributed by atoms with van der Waals surface area (Å²) in [6, 6.07) is 0. The lowest BCUT2D eigenvalue weighted by molar-refractivity contribution is -0.388. The molecule has 21 heteroatoms. The normalized spacial score (nSPS) is 51.5. The molecular weight excluding hydrogens is 658 g/mol. The first-order valence-electron chi connectivity index (χ1n) is 15.8. The van der Waals surface area contributed by atoms with Crippen LogP contribution in [0.15, 0.2) is 0 Å². The second-order valence-corrected chi connectivity index (χ2v) is 12.4. The number of aliphatic hydroxyl groups is 8. The van der Waals surface area contributed by atoms with Gasteiger partial charge in [-0.15, -0.1) is 0 Å². The summed E-state index contributed by atoms with van der Waals surface area (Å²) in [4.78, 5) is 12.6. The van der Waals surface area contributed by atoms with Crippen molar-refractivity contribution in [3.63, 3.8) is 0 Å². The Morgan fingerprint density at radius 1 is 0.583 bits per heavy atom. The number of carboxylic acid groups (broad SMARTS) is 1. The molecule has 0 aromatic heterocycles. The summed E-state index contributed by atoms with van der Waals surface area (Å²) >= 11 is 0. The number of carboxylic acids is 1. The van der Waals surface area contributed by atoms with Gasteiger partial charge in [0.15, 0.2) is 43.8 Å². The lowest BCUT2D eigenvalue weighted by Crippen LogP contribution is -2.67. The van der Waals surface area contributed by atoms with Crippen molar-refractivity contribution in [2.75, 3.05) is 19.8 Å². The highest BCUT2D eigenvalue weighted by Gasteiger charge is 2.62. The summed E-state index contributed by atoms with van der Waals surface area (Å²) in [6.45, 7) is -0.174. The number of ether oxygens (including phenoxy) is 10. The first-order valence-corrected chi connectivity index (χ1v) is 15.8. The molecule has 0 bridgehead atoms. The molecule has 0 aromatic carbocycles. The Morgan fingerprint density at radius 3 is 1.83 bits per heavy atom. The Hall–Kier alpha value is -1.29. The Labute approximate surface area is 272 Å². The fourth-order valence-electron chi connectivity index (χ4n) is 6.15. The number of hydrogen-bond donors (Lipinski definition) is 10. The average Bonchev–Trinajstić information content (AvgIpc) is 3.99. The van der Waals surface area contributed by atoms with E-state index < -0.39 is 136 Å². The van der Waals surface area contributed by atoms with E-state index in [-0.39, 0.29) is 6.61 Å². The first kappa shape index (κ1) is 36.5. The van der Waals surface area contributed by atoms with Crippen molar-refractivity contribution in [1.29, 1.82) is 0 Å². The summed E-state index contributed by atoms with van der Waals surface area (Å²) in [6.07, 6.45) is -29.3. The fraction of sp³-hybridized carbons (Fsp3) is 0.963. The molecule has 0 saturated carbocycles. The fourth-order valence-corrected chi connectivity index (χ4v) is 6.15. The second kappa shape index (κ2) is 15.1. The number of carbonyl (C=O) groups is 1. The van der Waals surface area contributed by atoms with E-state index in [9.17, 15) is 50.8 Å². The number of unbranched alkanes of at least 4 members (excludes halogenated alkanes) is 2. The van der Waals surface area contributed by atoms with Crippen LogP contribution in [-0.2, 0) is 52.2 Å². The van der Waals surface area contributed by atoms with E-state index in [0.717, 1.165) is 12.8 Å². The SMILES string of the molecule is NCCCCCOC1OC2OC2C(O)C1OC1OC(C(=O)O)C(OC2OC3OC3C(O)C2O)C(OC2OC(CO)C(O)C(O)C2O)C1O. The van der Waals surface area contributed by atoms with Crippen molar-refractivity contribution in [2.45, 2.75) is 142 Å². The minimum atomic E-state index is -2.08. The van der Waals surface area contributed by atoms with Crippen LogP contribution in [0.2, 0.25) is 0 Å². The molecular formula is C27H43NO20. The van der Waals surface area contributed by atoms with Gasteiger partial charge in [-0.1, -0.05) is 0 Å². The molecule has 0 radical (unpaired) electrons. The molecule has 6 fully saturated rings. The van der Waals surface area contributed by atoms with E-state index in [2.05, 4.69) is 0 Å². The van der Waals surface area contributed by atoms with Gasteiger partial charge in [0.2, 0.25) is 0 Å². The van der Waals surface area contributed by atoms with Gasteiger partial charge >= 0.3 is 5.97 Å². The lowest BCUT2D eigenvalue weighted by atomic mass is 9.96. The molecule has 11 N–H and O–H groups in total. The predicted octanol–water partition coefficient (Wildman–Crippen LogP) is -6.50. The number of fused-ring (bicyclic) bond motifs is 2. The van der Waals surface area contributed by atoms with Crippen molar-refractivity contribution in [3.05, 3.63) is 0 Å².